The van der Waals surface area contributed by atoms with Crippen molar-refractivity contribution >= 4 is 17.9 Å². The second kappa shape index (κ2) is 11.2. The van der Waals surface area contributed by atoms with Gasteiger partial charge in [0.25, 0.3) is 0 Å². The highest BCUT2D eigenvalue weighted by Gasteiger charge is 2.40. The van der Waals surface area contributed by atoms with Gasteiger partial charge in [-0.2, -0.15) is 0 Å². The van der Waals surface area contributed by atoms with Gasteiger partial charge < -0.3 is 20.3 Å². The van der Waals surface area contributed by atoms with Crippen molar-refractivity contribution in [1.82, 2.24) is 15.5 Å². The van der Waals surface area contributed by atoms with E-state index in [0.717, 1.165) is 16.7 Å². The summed E-state index contributed by atoms with van der Waals surface area (Å²) in [5, 5.41) is 5.79. The summed E-state index contributed by atoms with van der Waals surface area (Å²) in [4.78, 5) is 41.8. The molecular weight excluding hydrogens is 430 g/mol. The summed E-state index contributed by atoms with van der Waals surface area (Å²) in [6.07, 6.45) is -0.661. The molecule has 0 aliphatic heterocycles. The van der Waals surface area contributed by atoms with E-state index >= 15 is 0 Å². The van der Waals surface area contributed by atoms with E-state index in [9.17, 15) is 14.4 Å². The summed E-state index contributed by atoms with van der Waals surface area (Å²) in [5.41, 5.74) is 1.51. The fourth-order valence-corrected chi connectivity index (χ4v) is 3.70. The van der Waals surface area contributed by atoms with Crippen LogP contribution in [0.25, 0.3) is 0 Å². The largest absolute Gasteiger partial charge is 0.444 e. The average molecular weight is 476 g/mol. The van der Waals surface area contributed by atoms with Gasteiger partial charge in [0.15, 0.2) is 0 Å². The Hall–Kier alpha value is -2.57. The molecule has 2 unspecified atom stereocenters. The molecule has 192 valence electrons. The number of carbonyl (C=O) groups is 3. The molecule has 1 aromatic carbocycles. The van der Waals surface area contributed by atoms with Crippen LogP contribution in [0.4, 0.5) is 4.79 Å². The predicted molar refractivity (Wildman–Crippen MR) is 137 cm³/mol. The number of nitrogens with one attached hydrogen (secondary N) is 2. The first-order valence-corrected chi connectivity index (χ1v) is 12.0. The van der Waals surface area contributed by atoms with Crippen LogP contribution in [0.1, 0.15) is 92.0 Å². The van der Waals surface area contributed by atoms with Gasteiger partial charge in [0, 0.05) is 11.6 Å². The molecule has 0 saturated heterocycles. The molecule has 0 aliphatic rings. The van der Waals surface area contributed by atoms with Crippen molar-refractivity contribution in [2.45, 2.75) is 112 Å². The number of benzene rings is 1. The fraction of sp³-hybridized carbons (Fsp3) is 0.667. The standard InChI is InChI=1S/C27H45N3O4/c1-16(2)21(28-25(33)34-27(10,11)12)24(32)30(17(3)4)22(23(31)29-26(7,8)9)20-15-18(5)13-14-19(20)6/h13-17,21-22H,1-12H3,(H,28,33)(H,29,31). The van der Waals surface area contributed by atoms with Gasteiger partial charge in [-0.05, 0) is 86.3 Å². The highest BCUT2D eigenvalue weighted by molar-refractivity contribution is 5.93. The number of rotatable bonds is 7. The maximum absolute atomic E-state index is 14.0. The Balaban J connectivity index is 3.56. The van der Waals surface area contributed by atoms with Crippen molar-refractivity contribution in [1.29, 1.82) is 0 Å². The fourth-order valence-electron chi connectivity index (χ4n) is 3.70. The van der Waals surface area contributed by atoms with Gasteiger partial charge in [-0.3, -0.25) is 9.59 Å². The van der Waals surface area contributed by atoms with Crippen LogP contribution in [0.2, 0.25) is 0 Å². The highest BCUT2D eigenvalue weighted by Crippen LogP contribution is 2.29. The molecule has 3 amide bonds. The summed E-state index contributed by atoms with van der Waals surface area (Å²) in [7, 11) is 0. The van der Waals surface area contributed by atoms with Crippen LogP contribution < -0.4 is 10.6 Å². The van der Waals surface area contributed by atoms with Gasteiger partial charge in [-0.1, -0.05) is 37.6 Å². The van der Waals surface area contributed by atoms with E-state index < -0.39 is 29.3 Å². The number of nitrogens with zero attached hydrogens (tertiary/aromatic N) is 1. The van der Waals surface area contributed by atoms with Gasteiger partial charge >= 0.3 is 6.09 Å². The normalized spacial score (nSPS) is 13.9. The maximum atomic E-state index is 14.0. The van der Waals surface area contributed by atoms with E-state index in [1.165, 1.54) is 0 Å². The number of carbonyl (C=O) groups excluding carboxylic acids is 3. The minimum Gasteiger partial charge on any atom is -0.444 e. The number of aryl methyl sites for hydroxylation is 2. The zero-order chi connectivity index (χ0) is 26.6. The third-order valence-electron chi connectivity index (χ3n) is 5.17. The van der Waals surface area contributed by atoms with E-state index in [1.807, 2.05) is 80.5 Å². The van der Waals surface area contributed by atoms with Gasteiger partial charge in [0.2, 0.25) is 11.8 Å². The van der Waals surface area contributed by atoms with E-state index in [4.69, 9.17) is 4.74 Å². The molecule has 1 rings (SSSR count). The predicted octanol–water partition coefficient (Wildman–Crippen LogP) is 5.05. The first kappa shape index (κ1) is 29.5. The monoisotopic (exact) mass is 475 g/mol. The molecule has 0 fully saturated rings. The maximum Gasteiger partial charge on any atom is 0.408 e. The Labute approximate surface area is 206 Å². The Morgan fingerprint density at radius 2 is 1.50 bits per heavy atom. The van der Waals surface area contributed by atoms with E-state index in [1.54, 1.807) is 25.7 Å². The van der Waals surface area contributed by atoms with Gasteiger partial charge in [0.05, 0.1) is 0 Å². The van der Waals surface area contributed by atoms with Crippen LogP contribution >= 0.6 is 0 Å². The average Bonchev–Trinajstić information content (AvgIpc) is 2.62. The molecule has 0 aromatic heterocycles. The molecule has 2 atom stereocenters. The molecule has 0 saturated carbocycles. The number of ether oxygens (including phenoxy) is 1. The number of alkyl carbamates (subject to hydrolysis) is 1. The molecule has 2 N–H and O–H groups in total. The molecule has 0 aliphatic carbocycles. The van der Waals surface area contributed by atoms with E-state index in [2.05, 4.69) is 10.6 Å². The van der Waals surface area contributed by atoms with Crippen molar-refractivity contribution < 1.29 is 19.1 Å². The van der Waals surface area contributed by atoms with Crippen molar-refractivity contribution in [2.24, 2.45) is 5.92 Å². The Morgan fingerprint density at radius 3 is 1.94 bits per heavy atom. The second-order valence-electron chi connectivity index (χ2n) is 11.7. The lowest BCUT2D eigenvalue weighted by Crippen LogP contribution is -2.57. The zero-order valence-corrected chi connectivity index (χ0v) is 23.1. The smallest absolute Gasteiger partial charge is 0.408 e. The third kappa shape index (κ3) is 8.65. The van der Waals surface area contributed by atoms with E-state index in [-0.39, 0.29) is 23.8 Å². The summed E-state index contributed by atoms with van der Waals surface area (Å²) in [6, 6.07) is 3.89. The van der Waals surface area contributed by atoms with Crippen LogP contribution in [-0.4, -0.2) is 46.0 Å². The molecule has 0 bridgehead atoms. The minimum atomic E-state index is -0.854. The summed E-state index contributed by atoms with van der Waals surface area (Å²) in [6.45, 7) is 22.4. The summed E-state index contributed by atoms with van der Waals surface area (Å²) >= 11 is 0. The van der Waals surface area contributed by atoms with Crippen LogP contribution in [-0.2, 0) is 14.3 Å². The van der Waals surface area contributed by atoms with Crippen molar-refractivity contribution in [3.63, 3.8) is 0 Å². The molecule has 7 nitrogen and oxygen atoms in total. The lowest BCUT2D eigenvalue weighted by molar-refractivity contribution is -0.146. The Kier molecular flexibility index (Phi) is 9.74. The molecule has 7 heteroatoms. The topological polar surface area (TPSA) is 87.7 Å². The Bertz CT molecular complexity index is 879. The second-order valence-corrected chi connectivity index (χ2v) is 11.7. The van der Waals surface area contributed by atoms with Crippen molar-refractivity contribution in [2.75, 3.05) is 0 Å². The van der Waals surface area contributed by atoms with Crippen LogP contribution in [0.15, 0.2) is 18.2 Å². The van der Waals surface area contributed by atoms with E-state index in [0.29, 0.717) is 0 Å². The number of hydrogen-bond donors (Lipinski definition) is 2. The van der Waals surface area contributed by atoms with Gasteiger partial charge in [0.1, 0.15) is 17.7 Å². The van der Waals surface area contributed by atoms with Crippen LogP contribution in [0.3, 0.4) is 0 Å². The number of amides is 3. The molecule has 1 aromatic rings. The third-order valence-corrected chi connectivity index (χ3v) is 5.17. The lowest BCUT2D eigenvalue weighted by Gasteiger charge is -2.39. The minimum absolute atomic E-state index is 0.216. The van der Waals surface area contributed by atoms with Crippen molar-refractivity contribution in [3.05, 3.63) is 34.9 Å². The summed E-state index contributed by atoms with van der Waals surface area (Å²) < 4.78 is 5.40. The summed E-state index contributed by atoms with van der Waals surface area (Å²) in [5.74, 6) is -0.806. The Morgan fingerprint density at radius 1 is 0.941 bits per heavy atom. The number of hydrogen-bond acceptors (Lipinski definition) is 4. The first-order chi connectivity index (χ1) is 15.3. The van der Waals surface area contributed by atoms with Gasteiger partial charge in [-0.15, -0.1) is 0 Å². The quantitative estimate of drug-likeness (QED) is 0.578. The zero-order valence-electron chi connectivity index (χ0n) is 23.1. The first-order valence-electron chi connectivity index (χ1n) is 12.0. The molecule has 0 radical (unpaired) electrons. The molecular formula is C27H45N3O4. The molecule has 0 heterocycles. The lowest BCUT2D eigenvalue weighted by atomic mass is 9.93. The van der Waals surface area contributed by atoms with Crippen molar-refractivity contribution in [3.8, 4) is 0 Å². The SMILES string of the molecule is Cc1ccc(C)c(C(C(=O)NC(C)(C)C)N(C(=O)C(NC(=O)OC(C)(C)C)C(C)C)C(C)C)c1. The highest BCUT2D eigenvalue weighted by atomic mass is 16.6. The van der Waals surface area contributed by atoms with Gasteiger partial charge in [-0.25, -0.2) is 4.79 Å². The van der Waals surface area contributed by atoms with Crippen LogP contribution in [0.5, 0.6) is 0 Å². The molecule has 0 spiro atoms. The van der Waals surface area contributed by atoms with Crippen LogP contribution in [0, 0.1) is 19.8 Å². The molecule has 34 heavy (non-hydrogen) atoms.